The first-order valence-electron chi connectivity index (χ1n) is 11.7. The van der Waals surface area contributed by atoms with E-state index in [-0.39, 0.29) is 18.0 Å². The quantitative estimate of drug-likeness (QED) is 0.602. The summed E-state index contributed by atoms with van der Waals surface area (Å²) in [6.45, 7) is 14.0. The number of ether oxygens (including phenoxy) is 1. The van der Waals surface area contributed by atoms with E-state index in [0.717, 1.165) is 16.7 Å². The molecule has 7 nitrogen and oxygen atoms in total. The van der Waals surface area contributed by atoms with Gasteiger partial charge in [-0.2, -0.15) is 5.26 Å². The fourth-order valence-electron chi connectivity index (χ4n) is 4.12. The van der Waals surface area contributed by atoms with Crippen molar-refractivity contribution in [3.8, 4) is 6.07 Å². The molecule has 0 saturated carbocycles. The molecule has 0 radical (unpaired) electrons. The van der Waals surface area contributed by atoms with Crippen LogP contribution in [0.25, 0.3) is 0 Å². The second-order valence-corrected chi connectivity index (χ2v) is 10.5. The van der Waals surface area contributed by atoms with E-state index in [0.29, 0.717) is 48.0 Å². The number of aryl methyl sites for hydroxylation is 1. The summed E-state index contributed by atoms with van der Waals surface area (Å²) in [5.41, 5.74) is 3.76. The molecule has 186 valence electrons. The summed E-state index contributed by atoms with van der Waals surface area (Å²) >= 11 is 6.41. The van der Waals surface area contributed by atoms with Gasteiger partial charge in [-0.15, -0.1) is 0 Å². The molecule has 0 bridgehead atoms. The number of benzene rings is 2. The summed E-state index contributed by atoms with van der Waals surface area (Å²) in [4.78, 5) is 29.4. The second-order valence-electron chi connectivity index (χ2n) is 10.1. The zero-order valence-corrected chi connectivity index (χ0v) is 22.0. The summed E-state index contributed by atoms with van der Waals surface area (Å²) in [6.07, 6.45) is -0.288. The van der Waals surface area contributed by atoms with Crippen molar-refractivity contribution in [3.05, 3.63) is 63.2 Å². The SMILES string of the molecule is Cc1ccc(C(=O)Nc2cc(Cl)cc(CN3CCN(C(=O)OC(C)(C)C)C(C)C3)c2C)cc1C#N. The van der Waals surface area contributed by atoms with E-state index in [1.807, 2.05) is 47.6 Å². The first-order chi connectivity index (χ1) is 16.4. The molecule has 0 aromatic heterocycles. The Kier molecular flexibility index (Phi) is 8.09. The monoisotopic (exact) mass is 496 g/mol. The molecule has 1 unspecified atom stereocenters. The molecule has 1 fully saturated rings. The third-order valence-corrected chi connectivity index (χ3v) is 6.30. The van der Waals surface area contributed by atoms with Gasteiger partial charge in [0.1, 0.15) is 5.60 Å². The zero-order valence-electron chi connectivity index (χ0n) is 21.2. The number of rotatable bonds is 4. The molecule has 0 spiro atoms. The molecular weight excluding hydrogens is 464 g/mol. The lowest BCUT2D eigenvalue weighted by atomic mass is 10.0. The van der Waals surface area contributed by atoms with Gasteiger partial charge in [0, 0.05) is 48.5 Å². The minimum Gasteiger partial charge on any atom is -0.444 e. The van der Waals surface area contributed by atoms with E-state index in [1.54, 1.807) is 29.2 Å². The van der Waals surface area contributed by atoms with Gasteiger partial charge < -0.3 is 15.0 Å². The fourth-order valence-corrected chi connectivity index (χ4v) is 4.36. The number of nitrogens with one attached hydrogen (secondary N) is 1. The second kappa shape index (κ2) is 10.7. The molecule has 3 rings (SSSR count). The largest absolute Gasteiger partial charge is 0.444 e. The summed E-state index contributed by atoms with van der Waals surface area (Å²) in [7, 11) is 0. The number of nitrogens with zero attached hydrogens (tertiary/aromatic N) is 3. The zero-order chi connectivity index (χ0) is 25.9. The highest BCUT2D eigenvalue weighted by Gasteiger charge is 2.31. The molecule has 1 N–H and O–H groups in total. The van der Waals surface area contributed by atoms with Gasteiger partial charge in [0.25, 0.3) is 5.91 Å². The van der Waals surface area contributed by atoms with Crippen LogP contribution in [-0.4, -0.2) is 53.1 Å². The maximum Gasteiger partial charge on any atom is 0.410 e. The fraction of sp³-hybridized carbons (Fsp3) is 0.444. The standard InChI is InChI=1S/C27H33ClN4O3/c1-17-7-8-20(11-21(17)14-29)25(33)30-24-13-23(28)12-22(19(24)3)16-31-9-10-32(18(2)15-31)26(34)35-27(4,5)6/h7-8,11-13,18H,9-10,15-16H2,1-6H3,(H,30,33). The molecule has 2 amide bonds. The van der Waals surface area contributed by atoms with Gasteiger partial charge in [0.15, 0.2) is 0 Å². The highest BCUT2D eigenvalue weighted by Crippen LogP contribution is 2.28. The van der Waals surface area contributed by atoms with Crippen LogP contribution in [0.15, 0.2) is 30.3 Å². The lowest BCUT2D eigenvalue weighted by molar-refractivity contribution is 0.000535. The Hall–Kier alpha value is -3.08. The van der Waals surface area contributed by atoms with Gasteiger partial charge in [0.05, 0.1) is 11.6 Å². The van der Waals surface area contributed by atoms with Crippen molar-refractivity contribution in [2.75, 3.05) is 25.0 Å². The van der Waals surface area contributed by atoms with Gasteiger partial charge in [-0.3, -0.25) is 9.69 Å². The van der Waals surface area contributed by atoms with Gasteiger partial charge in [0.2, 0.25) is 0 Å². The summed E-state index contributed by atoms with van der Waals surface area (Å²) in [5, 5.41) is 12.7. The van der Waals surface area contributed by atoms with E-state index in [4.69, 9.17) is 16.3 Å². The average Bonchev–Trinajstić information content (AvgIpc) is 2.76. The lowest BCUT2D eigenvalue weighted by Crippen LogP contribution is -2.54. The van der Waals surface area contributed by atoms with Crippen LogP contribution in [0, 0.1) is 25.2 Å². The van der Waals surface area contributed by atoms with E-state index in [2.05, 4.69) is 16.3 Å². The third-order valence-electron chi connectivity index (χ3n) is 6.08. The minimum atomic E-state index is -0.526. The first kappa shape index (κ1) is 26.5. The number of hydrogen-bond donors (Lipinski definition) is 1. The number of halogens is 1. The van der Waals surface area contributed by atoms with Crippen LogP contribution in [0.4, 0.5) is 10.5 Å². The van der Waals surface area contributed by atoms with E-state index >= 15 is 0 Å². The van der Waals surface area contributed by atoms with E-state index in [1.165, 1.54) is 0 Å². The summed E-state index contributed by atoms with van der Waals surface area (Å²) < 4.78 is 5.54. The Bertz CT molecular complexity index is 1170. The molecule has 35 heavy (non-hydrogen) atoms. The predicted molar refractivity (Wildman–Crippen MR) is 138 cm³/mol. The number of carbonyl (C=O) groups excluding carboxylic acids is 2. The van der Waals surface area contributed by atoms with Crippen molar-refractivity contribution < 1.29 is 14.3 Å². The van der Waals surface area contributed by atoms with Crippen LogP contribution in [0.5, 0.6) is 0 Å². The number of nitriles is 1. The van der Waals surface area contributed by atoms with Crippen molar-refractivity contribution in [2.45, 2.75) is 59.7 Å². The molecular formula is C27H33ClN4O3. The summed E-state index contributed by atoms with van der Waals surface area (Å²) in [5.74, 6) is -0.294. The van der Waals surface area contributed by atoms with E-state index < -0.39 is 5.60 Å². The summed E-state index contributed by atoms with van der Waals surface area (Å²) in [6, 6.07) is 10.8. The van der Waals surface area contributed by atoms with Gasteiger partial charge >= 0.3 is 6.09 Å². The van der Waals surface area contributed by atoms with Crippen molar-refractivity contribution in [2.24, 2.45) is 0 Å². The number of piperazine rings is 1. The van der Waals surface area contributed by atoms with Crippen LogP contribution in [0.3, 0.4) is 0 Å². The smallest absolute Gasteiger partial charge is 0.410 e. The molecule has 1 aliphatic heterocycles. The predicted octanol–water partition coefficient (Wildman–Crippen LogP) is 5.52. The molecule has 1 atom stereocenters. The van der Waals surface area contributed by atoms with Crippen LogP contribution in [0.1, 0.15) is 60.3 Å². The van der Waals surface area contributed by atoms with Crippen molar-refractivity contribution >= 4 is 29.3 Å². The molecule has 0 aliphatic carbocycles. The van der Waals surface area contributed by atoms with Crippen molar-refractivity contribution in [3.63, 3.8) is 0 Å². The number of anilines is 1. The van der Waals surface area contributed by atoms with Gasteiger partial charge in [-0.1, -0.05) is 17.7 Å². The Morgan fingerprint density at radius 3 is 2.54 bits per heavy atom. The topological polar surface area (TPSA) is 85.7 Å². The maximum absolute atomic E-state index is 12.9. The Labute approximate surface area is 212 Å². The maximum atomic E-state index is 12.9. The Morgan fingerprint density at radius 2 is 1.91 bits per heavy atom. The highest BCUT2D eigenvalue weighted by molar-refractivity contribution is 6.31. The van der Waals surface area contributed by atoms with Gasteiger partial charge in [-0.05, 0) is 82.5 Å². The van der Waals surface area contributed by atoms with Crippen LogP contribution in [-0.2, 0) is 11.3 Å². The van der Waals surface area contributed by atoms with Crippen LogP contribution in [0.2, 0.25) is 5.02 Å². The molecule has 1 saturated heterocycles. The number of hydrogen-bond acceptors (Lipinski definition) is 5. The average molecular weight is 497 g/mol. The number of amides is 2. The molecule has 2 aromatic rings. The van der Waals surface area contributed by atoms with Crippen LogP contribution < -0.4 is 5.32 Å². The van der Waals surface area contributed by atoms with Crippen molar-refractivity contribution in [1.29, 1.82) is 5.26 Å². The first-order valence-corrected chi connectivity index (χ1v) is 12.1. The van der Waals surface area contributed by atoms with E-state index in [9.17, 15) is 14.9 Å². The molecule has 1 heterocycles. The van der Waals surface area contributed by atoms with Gasteiger partial charge in [-0.25, -0.2) is 4.79 Å². The normalized spacial score (nSPS) is 16.5. The Morgan fingerprint density at radius 1 is 1.20 bits per heavy atom. The Balaban J connectivity index is 1.71. The minimum absolute atomic E-state index is 0.00753. The van der Waals surface area contributed by atoms with Crippen molar-refractivity contribution in [1.82, 2.24) is 9.80 Å². The molecule has 8 heteroatoms. The third kappa shape index (κ3) is 6.74. The van der Waals surface area contributed by atoms with Crippen LogP contribution >= 0.6 is 11.6 Å². The molecule has 2 aromatic carbocycles. The highest BCUT2D eigenvalue weighted by atomic mass is 35.5. The lowest BCUT2D eigenvalue weighted by Gasteiger charge is -2.40. The number of carbonyl (C=O) groups is 2. The molecule has 1 aliphatic rings.